The quantitative estimate of drug-likeness (QED) is 0.737. The Labute approximate surface area is 100 Å². The molecule has 96 valence electrons. The van der Waals surface area contributed by atoms with E-state index in [1.807, 2.05) is 0 Å². The molecule has 1 rings (SSSR count). The standard InChI is InChI=1S/C10H10ClF3O3/c11-4-8(16)9(17)5-1-6(10(12,13)14)3-7(15)2-5/h1-3,8-9,15-17H,4H2. The fourth-order valence-corrected chi connectivity index (χ4v) is 1.44. The lowest BCUT2D eigenvalue weighted by Crippen LogP contribution is -2.20. The first-order valence-electron chi connectivity index (χ1n) is 4.59. The van der Waals surface area contributed by atoms with E-state index >= 15 is 0 Å². The van der Waals surface area contributed by atoms with Crippen LogP contribution in [0.3, 0.4) is 0 Å². The highest BCUT2D eigenvalue weighted by molar-refractivity contribution is 6.18. The molecule has 0 bridgehead atoms. The molecule has 0 aliphatic heterocycles. The highest BCUT2D eigenvalue weighted by Gasteiger charge is 2.32. The van der Waals surface area contributed by atoms with Crippen LogP contribution in [0.2, 0.25) is 0 Å². The number of aromatic hydroxyl groups is 1. The van der Waals surface area contributed by atoms with Crippen LogP contribution in [0.15, 0.2) is 18.2 Å². The van der Waals surface area contributed by atoms with Crippen LogP contribution < -0.4 is 0 Å². The van der Waals surface area contributed by atoms with Crippen molar-refractivity contribution in [3.8, 4) is 5.75 Å². The number of aliphatic hydroxyl groups is 2. The van der Waals surface area contributed by atoms with Crippen molar-refractivity contribution in [2.75, 3.05) is 5.88 Å². The average molecular weight is 271 g/mol. The molecule has 3 N–H and O–H groups in total. The molecule has 7 heteroatoms. The Kier molecular flexibility index (Phi) is 4.24. The summed E-state index contributed by atoms with van der Waals surface area (Å²) < 4.78 is 37.2. The van der Waals surface area contributed by atoms with Crippen LogP contribution in [0.25, 0.3) is 0 Å². The van der Waals surface area contributed by atoms with Crippen molar-refractivity contribution < 1.29 is 28.5 Å². The maximum absolute atomic E-state index is 12.4. The molecule has 1 aromatic carbocycles. The summed E-state index contributed by atoms with van der Waals surface area (Å²) in [5.41, 5.74) is -1.35. The van der Waals surface area contributed by atoms with Crippen LogP contribution in [0.4, 0.5) is 13.2 Å². The Morgan fingerprint density at radius 3 is 2.24 bits per heavy atom. The van der Waals surface area contributed by atoms with E-state index in [4.69, 9.17) is 16.7 Å². The molecule has 1 aromatic rings. The van der Waals surface area contributed by atoms with Gasteiger partial charge < -0.3 is 15.3 Å². The third kappa shape index (κ3) is 3.49. The Morgan fingerprint density at radius 1 is 1.18 bits per heavy atom. The van der Waals surface area contributed by atoms with Gasteiger partial charge in [0.15, 0.2) is 0 Å². The molecule has 0 aromatic heterocycles. The van der Waals surface area contributed by atoms with Crippen LogP contribution in [-0.2, 0) is 6.18 Å². The predicted molar refractivity (Wildman–Crippen MR) is 54.8 cm³/mol. The van der Waals surface area contributed by atoms with Crippen molar-refractivity contribution in [1.82, 2.24) is 0 Å². The number of hydrogen-bond acceptors (Lipinski definition) is 3. The molecular formula is C10H10ClF3O3. The number of benzene rings is 1. The van der Waals surface area contributed by atoms with Crippen molar-refractivity contribution in [3.63, 3.8) is 0 Å². The number of hydrogen-bond donors (Lipinski definition) is 3. The Bertz CT molecular complexity index is 395. The van der Waals surface area contributed by atoms with Gasteiger partial charge in [0.1, 0.15) is 11.9 Å². The number of phenolic OH excluding ortho intramolecular Hbond substituents is 1. The Hall–Kier alpha value is -0.980. The van der Waals surface area contributed by atoms with E-state index in [0.29, 0.717) is 12.1 Å². The summed E-state index contributed by atoms with van der Waals surface area (Å²) in [6.07, 6.45) is -7.63. The highest BCUT2D eigenvalue weighted by Crippen LogP contribution is 2.34. The van der Waals surface area contributed by atoms with Crippen LogP contribution in [0.1, 0.15) is 17.2 Å². The van der Waals surface area contributed by atoms with Gasteiger partial charge in [0.25, 0.3) is 0 Å². The third-order valence-electron chi connectivity index (χ3n) is 2.13. The van der Waals surface area contributed by atoms with E-state index in [9.17, 15) is 23.4 Å². The van der Waals surface area contributed by atoms with Crippen LogP contribution in [0.5, 0.6) is 5.75 Å². The lowest BCUT2D eigenvalue weighted by molar-refractivity contribution is -0.137. The lowest BCUT2D eigenvalue weighted by Gasteiger charge is -2.17. The van der Waals surface area contributed by atoms with Gasteiger partial charge in [-0.25, -0.2) is 0 Å². The molecule has 0 saturated carbocycles. The van der Waals surface area contributed by atoms with Gasteiger partial charge in [-0.05, 0) is 23.8 Å². The van der Waals surface area contributed by atoms with E-state index in [1.54, 1.807) is 0 Å². The number of aliphatic hydroxyl groups excluding tert-OH is 2. The average Bonchev–Trinajstić information content (AvgIpc) is 2.25. The molecule has 0 aliphatic carbocycles. The summed E-state index contributed by atoms with van der Waals surface area (Å²) >= 11 is 5.27. The van der Waals surface area contributed by atoms with Crippen molar-refractivity contribution in [3.05, 3.63) is 29.3 Å². The van der Waals surface area contributed by atoms with Gasteiger partial charge in [0.2, 0.25) is 0 Å². The molecule has 3 nitrogen and oxygen atoms in total. The van der Waals surface area contributed by atoms with Gasteiger partial charge >= 0.3 is 6.18 Å². The van der Waals surface area contributed by atoms with Gasteiger partial charge in [0.05, 0.1) is 17.5 Å². The number of alkyl halides is 4. The predicted octanol–water partition coefficient (Wildman–Crippen LogP) is 2.04. The molecule has 0 radical (unpaired) electrons. The van der Waals surface area contributed by atoms with Crippen molar-refractivity contribution in [1.29, 1.82) is 0 Å². The summed E-state index contributed by atoms with van der Waals surface area (Å²) in [7, 11) is 0. The summed E-state index contributed by atoms with van der Waals surface area (Å²) in [5.74, 6) is -0.978. The first kappa shape index (κ1) is 14.1. The zero-order chi connectivity index (χ0) is 13.2. The second kappa shape index (κ2) is 5.12. The summed E-state index contributed by atoms with van der Waals surface area (Å²) in [6, 6.07) is 2.12. The van der Waals surface area contributed by atoms with Crippen molar-refractivity contribution in [2.24, 2.45) is 0 Å². The van der Waals surface area contributed by atoms with E-state index in [0.717, 1.165) is 6.07 Å². The second-order valence-corrected chi connectivity index (χ2v) is 3.79. The largest absolute Gasteiger partial charge is 0.508 e. The Morgan fingerprint density at radius 2 is 1.76 bits per heavy atom. The van der Waals surface area contributed by atoms with Gasteiger partial charge in [-0.3, -0.25) is 0 Å². The first-order valence-corrected chi connectivity index (χ1v) is 5.12. The third-order valence-corrected chi connectivity index (χ3v) is 2.45. The maximum Gasteiger partial charge on any atom is 0.416 e. The number of rotatable bonds is 3. The SMILES string of the molecule is Oc1cc(C(O)C(O)CCl)cc(C(F)(F)F)c1. The summed E-state index contributed by atoms with van der Waals surface area (Å²) in [6.45, 7) is 0. The molecule has 0 spiro atoms. The number of phenols is 1. The molecule has 0 fully saturated rings. The van der Waals surface area contributed by atoms with Gasteiger partial charge in [0, 0.05) is 0 Å². The summed E-state index contributed by atoms with van der Waals surface area (Å²) in [5, 5.41) is 27.8. The summed E-state index contributed by atoms with van der Waals surface area (Å²) in [4.78, 5) is 0. The maximum atomic E-state index is 12.4. The van der Waals surface area contributed by atoms with Crippen molar-refractivity contribution >= 4 is 11.6 Å². The van der Waals surface area contributed by atoms with Crippen molar-refractivity contribution in [2.45, 2.75) is 18.4 Å². The smallest absolute Gasteiger partial charge is 0.416 e. The number of halogens is 4. The van der Waals surface area contributed by atoms with Gasteiger partial charge in [-0.1, -0.05) is 0 Å². The minimum Gasteiger partial charge on any atom is -0.508 e. The van der Waals surface area contributed by atoms with Gasteiger partial charge in [-0.15, -0.1) is 11.6 Å². The van der Waals surface area contributed by atoms with Crippen LogP contribution in [-0.4, -0.2) is 27.3 Å². The monoisotopic (exact) mass is 270 g/mol. The second-order valence-electron chi connectivity index (χ2n) is 3.48. The molecule has 17 heavy (non-hydrogen) atoms. The molecular weight excluding hydrogens is 261 g/mol. The fraction of sp³-hybridized carbons (Fsp3) is 0.400. The van der Waals surface area contributed by atoms with E-state index < -0.39 is 29.7 Å². The first-order chi connectivity index (χ1) is 7.75. The minimum atomic E-state index is -4.64. The molecule has 0 saturated heterocycles. The van der Waals surface area contributed by atoms with E-state index in [2.05, 4.69) is 0 Å². The van der Waals surface area contributed by atoms with Gasteiger partial charge in [-0.2, -0.15) is 13.2 Å². The highest BCUT2D eigenvalue weighted by atomic mass is 35.5. The molecule has 0 aliphatic rings. The molecule has 2 atom stereocenters. The van der Waals surface area contributed by atoms with E-state index in [-0.39, 0.29) is 11.4 Å². The van der Waals surface area contributed by atoms with E-state index in [1.165, 1.54) is 0 Å². The van der Waals surface area contributed by atoms with Crippen LogP contribution in [0, 0.1) is 0 Å². The zero-order valence-electron chi connectivity index (χ0n) is 8.45. The topological polar surface area (TPSA) is 60.7 Å². The fourth-order valence-electron chi connectivity index (χ4n) is 1.28. The minimum absolute atomic E-state index is 0.245. The zero-order valence-corrected chi connectivity index (χ0v) is 9.20. The lowest BCUT2D eigenvalue weighted by atomic mass is 10.0. The molecule has 0 heterocycles. The van der Waals surface area contributed by atoms with Crippen LogP contribution >= 0.6 is 11.6 Å². The normalized spacial score (nSPS) is 15.6. The molecule has 0 amide bonds. The molecule has 2 unspecified atom stereocenters. The Balaban J connectivity index is 3.14.